The zero-order valence-electron chi connectivity index (χ0n) is 13.8. The lowest BCUT2D eigenvalue weighted by atomic mass is 10.1. The lowest BCUT2D eigenvalue weighted by Gasteiger charge is -2.21. The molecule has 0 saturated carbocycles. The van der Waals surface area contributed by atoms with Crippen LogP contribution in [-0.4, -0.2) is 52.3 Å². The van der Waals surface area contributed by atoms with Crippen molar-refractivity contribution in [1.29, 1.82) is 0 Å². The summed E-state index contributed by atoms with van der Waals surface area (Å²) in [5.41, 5.74) is 2.22. The van der Waals surface area contributed by atoms with Crippen LogP contribution in [0.2, 0.25) is 0 Å². The van der Waals surface area contributed by atoms with Crippen molar-refractivity contribution in [3.05, 3.63) is 35.4 Å². The number of benzene rings is 1. The van der Waals surface area contributed by atoms with Gasteiger partial charge < -0.3 is 14.9 Å². The fourth-order valence-electron chi connectivity index (χ4n) is 3.42. The monoisotopic (exact) mass is 330 g/mol. The van der Waals surface area contributed by atoms with E-state index in [9.17, 15) is 14.4 Å². The number of rotatable bonds is 4. The molecule has 0 aromatic heterocycles. The zero-order chi connectivity index (χ0) is 17.3. The average molecular weight is 330 g/mol. The van der Waals surface area contributed by atoms with Crippen LogP contribution in [0, 0.1) is 18.8 Å². The van der Waals surface area contributed by atoms with Gasteiger partial charge in [-0.15, -0.1) is 0 Å². The van der Waals surface area contributed by atoms with Crippen molar-refractivity contribution in [2.24, 2.45) is 11.8 Å². The third-order valence-electron chi connectivity index (χ3n) is 4.91. The van der Waals surface area contributed by atoms with E-state index in [-0.39, 0.29) is 30.7 Å². The van der Waals surface area contributed by atoms with Crippen LogP contribution in [0.15, 0.2) is 24.3 Å². The van der Waals surface area contributed by atoms with E-state index in [0.29, 0.717) is 26.1 Å². The highest BCUT2D eigenvalue weighted by molar-refractivity contribution is 5.89. The van der Waals surface area contributed by atoms with Gasteiger partial charge in [-0.25, -0.2) is 0 Å². The molecule has 128 valence electrons. The summed E-state index contributed by atoms with van der Waals surface area (Å²) in [5, 5.41) is 9.05. The van der Waals surface area contributed by atoms with Gasteiger partial charge in [-0.2, -0.15) is 0 Å². The Hall–Kier alpha value is -2.37. The van der Waals surface area contributed by atoms with Gasteiger partial charge in [0.15, 0.2) is 0 Å². The van der Waals surface area contributed by atoms with Crippen molar-refractivity contribution in [3.8, 4) is 0 Å². The van der Waals surface area contributed by atoms with Crippen molar-refractivity contribution in [2.45, 2.75) is 26.3 Å². The second kappa shape index (κ2) is 6.63. The van der Waals surface area contributed by atoms with Crippen LogP contribution in [0.5, 0.6) is 0 Å². The summed E-state index contributed by atoms with van der Waals surface area (Å²) in [6.45, 7) is 3.68. The van der Waals surface area contributed by atoms with Crippen molar-refractivity contribution >= 4 is 17.8 Å². The molecule has 0 radical (unpaired) electrons. The minimum atomic E-state index is -0.853. The molecule has 3 rings (SSSR count). The van der Waals surface area contributed by atoms with Crippen molar-refractivity contribution in [2.75, 3.05) is 19.6 Å². The van der Waals surface area contributed by atoms with Gasteiger partial charge in [0.2, 0.25) is 11.8 Å². The van der Waals surface area contributed by atoms with Gasteiger partial charge in [-0.05, 0) is 18.9 Å². The number of carboxylic acids is 1. The van der Waals surface area contributed by atoms with E-state index in [1.165, 1.54) is 5.56 Å². The molecule has 2 fully saturated rings. The van der Waals surface area contributed by atoms with Gasteiger partial charge >= 0.3 is 5.97 Å². The van der Waals surface area contributed by atoms with E-state index in [1.54, 1.807) is 9.80 Å². The Bertz CT molecular complexity index is 655. The van der Waals surface area contributed by atoms with E-state index in [0.717, 1.165) is 5.56 Å². The van der Waals surface area contributed by atoms with Gasteiger partial charge in [-0.3, -0.25) is 14.4 Å². The molecule has 1 N–H and O–H groups in total. The summed E-state index contributed by atoms with van der Waals surface area (Å²) in [4.78, 5) is 39.1. The van der Waals surface area contributed by atoms with Crippen molar-refractivity contribution < 1.29 is 19.5 Å². The first-order valence-electron chi connectivity index (χ1n) is 8.29. The molecule has 24 heavy (non-hydrogen) atoms. The minimum absolute atomic E-state index is 0.0112. The Kier molecular flexibility index (Phi) is 4.55. The van der Waals surface area contributed by atoms with E-state index < -0.39 is 11.9 Å². The summed E-state index contributed by atoms with van der Waals surface area (Å²) < 4.78 is 0. The molecule has 2 heterocycles. The minimum Gasteiger partial charge on any atom is -0.481 e. The van der Waals surface area contributed by atoms with E-state index in [1.807, 2.05) is 31.2 Å². The maximum absolute atomic E-state index is 12.6. The maximum Gasteiger partial charge on any atom is 0.308 e. The molecule has 2 atom stereocenters. The highest BCUT2D eigenvalue weighted by atomic mass is 16.4. The van der Waals surface area contributed by atoms with Crippen LogP contribution in [0.25, 0.3) is 0 Å². The van der Waals surface area contributed by atoms with Crippen LogP contribution in [0.4, 0.5) is 0 Å². The molecule has 0 bridgehead atoms. The van der Waals surface area contributed by atoms with Crippen LogP contribution in [-0.2, 0) is 20.9 Å². The fourth-order valence-corrected chi connectivity index (χ4v) is 3.42. The molecule has 0 unspecified atom stereocenters. The van der Waals surface area contributed by atoms with Gasteiger partial charge in [0.05, 0.1) is 11.8 Å². The van der Waals surface area contributed by atoms with Crippen LogP contribution in [0.3, 0.4) is 0 Å². The Morgan fingerprint density at radius 2 is 1.88 bits per heavy atom. The number of hydrogen-bond donors (Lipinski definition) is 1. The molecule has 0 spiro atoms. The molecule has 2 saturated heterocycles. The highest BCUT2D eigenvalue weighted by Crippen LogP contribution is 2.25. The number of carbonyl (C=O) groups excluding carboxylic acids is 2. The third-order valence-corrected chi connectivity index (χ3v) is 4.91. The normalized spacial score (nSPS) is 23.8. The average Bonchev–Trinajstić information content (AvgIpc) is 3.17. The first-order valence-corrected chi connectivity index (χ1v) is 8.29. The lowest BCUT2D eigenvalue weighted by molar-refractivity contribution is -0.141. The predicted octanol–water partition coefficient (Wildman–Crippen LogP) is 1.28. The Balaban J connectivity index is 1.59. The highest BCUT2D eigenvalue weighted by Gasteiger charge is 2.39. The SMILES string of the molecule is Cc1ccc(CN2C[C@H](C(=O)N3CC[C@@H](C(=O)O)C3)CC2=O)cc1. The van der Waals surface area contributed by atoms with E-state index in [2.05, 4.69) is 0 Å². The number of carboxylic acid groups (broad SMARTS) is 1. The summed E-state index contributed by atoms with van der Waals surface area (Å²) in [7, 11) is 0. The maximum atomic E-state index is 12.6. The van der Waals surface area contributed by atoms with Crippen LogP contribution in [0.1, 0.15) is 24.0 Å². The quantitative estimate of drug-likeness (QED) is 0.902. The number of aliphatic carboxylic acids is 1. The summed E-state index contributed by atoms with van der Waals surface area (Å²) in [5.74, 6) is -1.78. The van der Waals surface area contributed by atoms with Gasteiger partial charge in [0, 0.05) is 32.6 Å². The van der Waals surface area contributed by atoms with Gasteiger partial charge in [0.1, 0.15) is 0 Å². The van der Waals surface area contributed by atoms with E-state index >= 15 is 0 Å². The van der Waals surface area contributed by atoms with Crippen LogP contribution < -0.4 is 0 Å². The molecular weight excluding hydrogens is 308 g/mol. The summed E-state index contributed by atoms with van der Waals surface area (Å²) in [6.07, 6.45) is 0.716. The Morgan fingerprint density at radius 1 is 1.17 bits per heavy atom. The predicted molar refractivity (Wildman–Crippen MR) is 87.0 cm³/mol. The number of hydrogen-bond acceptors (Lipinski definition) is 3. The first kappa shape index (κ1) is 16.5. The smallest absolute Gasteiger partial charge is 0.308 e. The molecule has 2 amide bonds. The van der Waals surface area contributed by atoms with Gasteiger partial charge in [0.25, 0.3) is 0 Å². The fraction of sp³-hybridized carbons (Fsp3) is 0.500. The lowest BCUT2D eigenvalue weighted by Crippen LogP contribution is -2.36. The molecule has 1 aromatic rings. The second-order valence-corrected chi connectivity index (χ2v) is 6.77. The standard InChI is InChI=1S/C18H22N2O4/c1-12-2-4-13(5-3-12)9-20-11-15(8-16(20)21)17(22)19-7-6-14(10-19)18(23)24/h2-5,14-15H,6-11H2,1H3,(H,23,24)/t14-,15-/m1/s1. The number of carbonyl (C=O) groups is 3. The van der Waals surface area contributed by atoms with E-state index in [4.69, 9.17) is 5.11 Å². The molecule has 2 aliphatic heterocycles. The first-order chi connectivity index (χ1) is 11.4. The molecule has 2 aliphatic rings. The van der Waals surface area contributed by atoms with Crippen molar-refractivity contribution in [3.63, 3.8) is 0 Å². The number of nitrogens with zero attached hydrogens (tertiary/aromatic N) is 2. The molecular formula is C18H22N2O4. The number of amides is 2. The molecule has 0 aliphatic carbocycles. The Labute approximate surface area is 141 Å². The number of aryl methyl sites for hydroxylation is 1. The summed E-state index contributed by atoms with van der Waals surface area (Å²) in [6, 6.07) is 8.01. The molecule has 6 nitrogen and oxygen atoms in total. The largest absolute Gasteiger partial charge is 0.481 e. The zero-order valence-corrected chi connectivity index (χ0v) is 13.8. The van der Waals surface area contributed by atoms with Crippen LogP contribution >= 0.6 is 0 Å². The topological polar surface area (TPSA) is 77.9 Å². The Morgan fingerprint density at radius 3 is 2.50 bits per heavy atom. The third kappa shape index (κ3) is 3.42. The second-order valence-electron chi connectivity index (χ2n) is 6.77. The van der Waals surface area contributed by atoms with Gasteiger partial charge in [-0.1, -0.05) is 29.8 Å². The molecule has 1 aromatic carbocycles. The number of likely N-dealkylation sites (tertiary alicyclic amines) is 2. The summed E-state index contributed by atoms with van der Waals surface area (Å²) >= 11 is 0. The molecule has 6 heteroatoms. The van der Waals surface area contributed by atoms with Crippen molar-refractivity contribution in [1.82, 2.24) is 9.80 Å².